The molecule has 0 aliphatic heterocycles. The van der Waals surface area contributed by atoms with Crippen LogP contribution in [0.1, 0.15) is 15.9 Å². The number of amides is 1. The van der Waals surface area contributed by atoms with Gasteiger partial charge in [-0.1, -0.05) is 6.07 Å². The van der Waals surface area contributed by atoms with Gasteiger partial charge in [0.15, 0.2) is 0 Å². The lowest BCUT2D eigenvalue weighted by molar-refractivity contribution is 0.1000. The summed E-state index contributed by atoms with van der Waals surface area (Å²) in [5.41, 5.74) is 5.67. The highest BCUT2D eigenvalue weighted by atomic mass is 79.9. The van der Waals surface area contributed by atoms with Crippen molar-refractivity contribution in [1.82, 2.24) is 9.78 Å². The molecule has 0 unspecified atom stereocenters. The molecule has 6 heteroatoms. The van der Waals surface area contributed by atoms with Crippen molar-refractivity contribution >= 4 is 21.8 Å². The summed E-state index contributed by atoms with van der Waals surface area (Å²) in [7, 11) is 0. The van der Waals surface area contributed by atoms with Crippen LogP contribution in [0.15, 0.2) is 35.1 Å². The van der Waals surface area contributed by atoms with Gasteiger partial charge in [0, 0.05) is 17.3 Å². The van der Waals surface area contributed by atoms with Crippen LogP contribution in [0.25, 0.3) is 0 Å². The number of nitrogens with zero attached hydrogens (tertiary/aromatic N) is 2. The first kappa shape index (κ1) is 11.8. The van der Waals surface area contributed by atoms with Crippen molar-refractivity contribution in [1.29, 1.82) is 0 Å². The molecule has 0 aliphatic carbocycles. The van der Waals surface area contributed by atoms with Crippen LogP contribution in [-0.2, 0) is 6.54 Å². The standard InChI is InChI=1S/C11H9BrFN3O/c12-9-4-15-16(6-9)5-8-2-1-7(11(14)17)3-10(8)13/h1-4,6H,5H2,(H2,14,17). The number of rotatable bonds is 3. The minimum atomic E-state index is -0.641. The molecule has 0 fully saturated rings. The van der Waals surface area contributed by atoms with Crippen molar-refractivity contribution in [2.75, 3.05) is 0 Å². The molecule has 1 aromatic heterocycles. The highest BCUT2D eigenvalue weighted by Crippen LogP contribution is 2.13. The Bertz CT molecular complexity index is 568. The van der Waals surface area contributed by atoms with E-state index in [2.05, 4.69) is 21.0 Å². The van der Waals surface area contributed by atoms with Crippen LogP contribution >= 0.6 is 15.9 Å². The van der Waals surface area contributed by atoms with Gasteiger partial charge in [-0.3, -0.25) is 9.48 Å². The van der Waals surface area contributed by atoms with E-state index in [-0.39, 0.29) is 5.56 Å². The van der Waals surface area contributed by atoms with Gasteiger partial charge in [0.2, 0.25) is 5.91 Å². The maximum atomic E-state index is 13.6. The van der Waals surface area contributed by atoms with Gasteiger partial charge in [0.25, 0.3) is 0 Å². The van der Waals surface area contributed by atoms with Crippen LogP contribution in [0.2, 0.25) is 0 Å². The zero-order valence-corrected chi connectivity index (χ0v) is 10.3. The van der Waals surface area contributed by atoms with E-state index in [0.29, 0.717) is 12.1 Å². The van der Waals surface area contributed by atoms with Crippen molar-refractivity contribution in [3.8, 4) is 0 Å². The summed E-state index contributed by atoms with van der Waals surface area (Å²) in [6.07, 6.45) is 3.36. The zero-order chi connectivity index (χ0) is 12.4. The molecule has 0 spiro atoms. The molecule has 2 rings (SSSR count). The van der Waals surface area contributed by atoms with Crippen molar-refractivity contribution in [3.63, 3.8) is 0 Å². The second kappa shape index (κ2) is 4.67. The molecule has 2 N–H and O–H groups in total. The summed E-state index contributed by atoms with van der Waals surface area (Å²) in [6, 6.07) is 4.17. The Morgan fingerprint density at radius 2 is 2.29 bits per heavy atom. The minimum Gasteiger partial charge on any atom is -0.366 e. The van der Waals surface area contributed by atoms with E-state index in [1.54, 1.807) is 17.1 Å². The van der Waals surface area contributed by atoms with E-state index < -0.39 is 11.7 Å². The highest BCUT2D eigenvalue weighted by Gasteiger charge is 2.08. The molecule has 1 amide bonds. The molecular weight excluding hydrogens is 289 g/mol. The molecular formula is C11H9BrFN3O. The summed E-state index contributed by atoms with van der Waals surface area (Å²) in [5.74, 6) is -1.11. The lowest BCUT2D eigenvalue weighted by Gasteiger charge is -2.04. The summed E-state index contributed by atoms with van der Waals surface area (Å²) < 4.78 is 16.1. The van der Waals surface area contributed by atoms with Gasteiger partial charge < -0.3 is 5.73 Å². The largest absolute Gasteiger partial charge is 0.366 e. The summed E-state index contributed by atoms with van der Waals surface area (Å²) in [4.78, 5) is 10.9. The second-order valence-corrected chi connectivity index (χ2v) is 4.44. The molecule has 0 bridgehead atoms. The molecule has 2 aromatic rings. The number of carbonyl (C=O) groups is 1. The summed E-state index contributed by atoms with van der Waals surface area (Å²) >= 11 is 3.26. The maximum absolute atomic E-state index is 13.6. The zero-order valence-electron chi connectivity index (χ0n) is 8.73. The molecule has 88 valence electrons. The Kier molecular flexibility index (Phi) is 3.23. The third kappa shape index (κ3) is 2.71. The van der Waals surface area contributed by atoms with Gasteiger partial charge in [0.05, 0.1) is 17.2 Å². The minimum absolute atomic E-state index is 0.160. The fourth-order valence-corrected chi connectivity index (χ4v) is 1.76. The molecule has 0 radical (unpaired) electrons. The number of carbonyl (C=O) groups excluding carboxylic acids is 1. The first-order valence-corrected chi connectivity index (χ1v) is 5.62. The summed E-state index contributed by atoms with van der Waals surface area (Å²) in [6.45, 7) is 0.302. The third-order valence-corrected chi connectivity index (χ3v) is 2.68. The number of benzene rings is 1. The SMILES string of the molecule is NC(=O)c1ccc(Cn2cc(Br)cn2)c(F)c1. The average Bonchev–Trinajstić information content (AvgIpc) is 2.67. The molecule has 17 heavy (non-hydrogen) atoms. The molecule has 1 aromatic carbocycles. The van der Waals surface area contributed by atoms with Crippen LogP contribution in [0.4, 0.5) is 4.39 Å². The van der Waals surface area contributed by atoms with Crippen molar-refractivity contribution in [2.24, 2.45) is 5.73 Å². The number of hydrogen-bond donors (Lipinski definition) is 1. The van der Waals surface area contributed by atoms with Gasteiger partial charge in [-0.15, -0.1) is 0 Å². The van der Waals surface area contributed by atoms with E-state index in [9.17, 15) is 9.18 Å². The van der Waals surface area contributed by atoms with Crippen molar-refractivity contribution < 1.29 is 9.18 Å². The van der Waals surface area contributed by atoms with Crippen molar-refractivity contribution in [3.05, 3.63) is 52.0 Å². The number of aromatic nitrogens is 2. The Morgan fingerprint density at radius 3 is 2.82 bits per heavy atom. The van der Waals surface area contributed by atoms with E-state index in [1.807, 2.05) is 0 Å². The first-order valence-electron chi connectivity index (χ1n) is 4.82. The Labute approximate surface area is 105 Å². The van der Waals surface area contributed by atoms with Gasteiger partial charge in [-0.05, 0) is 28.1 Å². The number of nitrogens with two attached hydrogens (primary N) is 1. The predicted octanol–water partition coefficient (Wildman–Crippen LogP) is 1.93. The average molecular weight is 298 g/mol. The number of hydrogen-bond acceptors (Lipinski definition) is 2. The second-order valence-electron chi connectivity index (χ2n) is 3.53. The Morgan fingerprint density at radius 1 is 1.53 bits per heavy atom. The maximum Gasteiger partial charge on any atom is 0.248 e. The first-order chi connectivity index (χ1) is 8.06. The fourth-order valence-electron chi connectivity index (χ4n) is 1.43. The van der Waals surface area contributed by atoms with Crippen LogP contribution in [0.3, 0.4) is 0 Å². The lowest BCUT2D eigenvalue weighted by atomic mass is 10.1. The van der Waals surface area contributed by atoms with Gasteiger partial charge in [0.1, 0.15) is 5.82 Å². The van der Waals surface area contributed by atoms with Crippen LogP contribution in [0, 0.1) is 5.82 Å². The van der Waals surface area contributed by atoms with E-state index in [0.717, 1.165) is 10.5 Å². The van der Waals surface area contributed by atoms with Crippen LogP contribution in [-0.4, -0.2) is 15.7 Å². The predicted molar refractivity (Wildman–Crippen MR) is 63.9 cm³/mol. The van der Waals surface area contributed by atoms with E-state index in [4.69, 9.17) is 5.73 Å². The molecule has 4 nitrogen and oxygen atoms in total. The smallest absolute Gasteiger partial charge is 0.248 e. The monoisotopic (exact) mass is 297 g/mol. The van der Waals surface area contributed by atoms with Crippen molar-refractivity contribution in [2.45, 2.75) is 6.54 Å². The van der Waals surface area contributed by atoms with Crippen LogP contribution in [0.5, 0.6) is 0 Å². The molecule has 0 saturated heterocycles. The summed E-state index contributed by atoms with van der Waals surface area (Å²) in [5, 5.41) is 4.02. The third-order valence-electron chi connectivity index (χ3n) is 2.27. The normalized spacial score (nSPS) is 10.5. The fraction of sp³-hybridized carbons (Fsp3) is 0.0909. The lowest BCUT2D eigenvalue weighted by Crippen LogP contribution is -2.12. The molecule has 0 atom stereocenters. The molecule has 1 heterocycles. The van der Waals surface area contributed by atoms with Gasteiger partial charge in [-0.25, -0.2) is 4.39 Å². The quantitative estimate of drug-likeness (QED) is 0.941. The Balaban J connectivity index is 2.25. The highest BCUT2D eigenvalue weighted by molar-refractivity contribution is 9.10. The molecule has 0 saturated carbocycles. The topological polar surface area (TPSA) is 60.9 Å². The van der Waals surface area contributed by atoms with Crippen LogP contribution < -0.4 is 5.73 Å². The number of primary amides is 1. The number of halogens is 2. The van der Waals surface area contributed by atoms with E-state index in [1.165, 1.54) is 12.1 Å². The Hall–Kier alpha value is -1.69. The van der Waals surface area contributed by atoms with Gasteiger partial charge >= 0.3 is 0 Å². The van der Waals surface area contributed by atoms with E-state index >= 15 is 0 Å². The van der Waals surface area contributed by atoms with Gasteiger partial charge in [-0.2, -0.15) is 5.10 Å². The molecule has 0 aliphatic rings.